The molecule has 0 aromatic heterocycles. The van der Waals surface area contributed by atoms with Gasteiger partial charge in [-0.3, -0.25) is 4.79 Å². The number of phenols is 3. The summed E-state index contributed by atoms with van der Waals surface area (Å²) in [6, 6.07) is 9.09. The van der Waals surface area contributed by atoms with Crippen molar-refractivity contribution in [3.63, 3.8) is 0 Å². The number of carbonyl (C=O) groups excluding carboxylic acids is 1. The van der Waals surface area contributed by atoms with Crippen molar-refractivity contribution in [2.45, 2.75) is 13.3 Å². The van der Waals surface area contributed by atoms with E-state index in [1.54, 1.807) is 24.3 Å². The first-order valence-corrected chi connectivity index (χ1v) is 7.18. The third kappa shape index (κ3) is 3.92. The normalized spacial score (nSPS) is 11.3. The Labute approximate surface area is 137 Å². The highest BCUT2D eigenvalue weighted by molar-refractivity contribution is 6.30. The van der Waals surface area contributed by atoms with Crippen molar-refractivity contribution in [1.82, 2.24) is 5.43 Å². The first-order chi connectivity index (χ1) is 10.9. The van der Waals surface area contributed by atoms with Crippen molar-refractivity contribution in [2.75, 3.05) is 0 Å². The maximum Gasteiger partial charge on any atom is 0.271 e. The van der Waals surface area contributed by atoms with Crippen LogP contribution in [0.3, 0.4) is 0 Å². The van der Waals surface area contributed by atoms with E-state index in [-0.39, 0.29) is 5.56 Å². The second-order valence-corrected chi connectivity index (χ2v) is 5.16. The van der Waals surface area contributed by atoms with Gasteiger partial charge in [0.2, 0.25) is 0 Å². The van der Waals surface area contributed by atoms with Gasteiger partial charge in [0.15, 0.2) is 17.2 Å². The van der Waals surface area contributed by atoms with E-state index >= 15 is 0 Å². The van der Waals surface area contributed by atoms with Crippen LogP contribution in [0.1, 0.15) is 29.3 Å². The average molecular weight is 335 g/mol. The lowest BCUT2D eigenvalue weighted by Gasteiger charge is -2.07. The van der Waals surface area contributed by atoms with Gasteiger partial charge in [-0.05, 0) is 36.2 Å². The maximum absolute atomic E-state index is 12.0. The van der Waals surface area contributed by atoms with Crippen molar-refractivity contribution in [2.24, 2.45) is 5.10 Å². The third-order valence-electron chi connectivity index (χ3n) is 3.14. The van der Waals surface area contributed by atoms with E-state index in [1.807, 2.05) is 6.92 Å². The van der Waals surface area contributed by atoms with Gasteiger partial charge in [-0.2, -0.15) is 5.10 Å². The Kier molecular flexibility index (Phi) is 5.08. The molecule has 0 saturated heterocycles. The van der Waals surface area contributed by atoms with Crippen LogP contribution >= 0.6 is 11.6 Å². The lowest BCUT2D eigenvalue weighted by Crippen LogP contribution is -2.20. The summed E-state index contributed by atoms with van der Waals surface area (Å²) in [4.78, 5) is 12.0. The first kappa shape index (κ1) is 16.6. The quantitative estimate of drug-likeness (QED) is 0.392. The summed E-state index contributed by atoms with van der Waals surface area (Å²) in [6.07, 6.45) is 0.577. The third-order valence-corrected chi connectivity index (χ3v) is 3.39. The second-order valence-electron chi connectivity index (χ2n) is 4.72. The fourth-order valence-electron chi connectivity index (χ4n) is 1.91. The van der Waals surface area contributed by atoms with Gasteiger partial charge in [0, 0.05) is 10.6 Å². The van der Waals surface area contributed by atoms with E-state index in [0.717, 1.165) is 17.7 Å². The second kappa shape index (κ2) is 7.02. The summed E-state index contributed by atoms with van der Waals surface area (Å²) < 4.78 is 0. The van der Waals surface area contributed by atoms with Crippen molar-refractivity contribution in [3.05, 3.63) is 52.5 Å². The molecule has 0 atom stereocenters. The van der Waals surface area contributed by atoms with E-state index in [4.69, 9.17) is 11.6 Å². The minimum absolute atomic E-state index is 0.0342. The summed E-state index contributed by atoms with van der Waals surface area (Å²) >= 11 is 5.83. The van der Waals surface area contributed by atoms with Crippen LogP contribution in [0.2, 0.25) is 5.02 Å². The number of amides is 1. The number of aromatic hydroxyl groups is 3. The summed E-state index contributed by atoms with van der Waals surface area (Å²) in [5, 5.41) is 32.8. The van der Waals surface area contributed by atoms with Crippen LogP contribution in [-0.2, 0) is 0 Å². The number of benzene rings is 2. The number of hydrogen-bond acceptors (Lipinski definition) is 5. The van der Waals surface area contributed by atoms with Gasteiger partial charge >= 0.3 is 0 Å². The summed E-state index contributed by atoms with van der Waals surface area (Å²) in [6.45, 7) is 1.89. The molecule has 0 aliphatic rings. The smallest absolute Gasteiger partial charge is 0.271 e. The Bertz CT molecular complexity index is 734. The fourth-order valence-corrected chi connectivity index (χ4v) is 2.03. The molecule has 2 aromatic rings. The molecule has 0 unspecified atom stereocenters. The zero-order valence-corrected chi connectivity index (χ0v) is 13.0. The predicted molar refractivity (Wildman–Crippen MR) is 87.2 cm³/mol. The molecule has 120 valence electrons. The number of nitrogens with zero attached hydrogens (tertiary/aromatic N) is 1. The van der Waals surface area contributed by atoms with E-state index in [1.165, 1.54) is 0 Å². The molecular weight excluding hydrogens is 320 g/mol. The molecule has 6 nitrogen and oxygen atoms in total. The van der Waals surface area contributed by atoms with Gasteiger partial charge in [0.05, 0.1) is 5.71 Å². The van der Waals surface area contributed by atoms with Gasteiger partial charge in [-0.25, -0.2) is 5.43 Å². The first-order valence-electron chi connectivity index (χ1n) is 6.80. The Morgan fingerprint density at radius 1 is 1.09 bits per heavy atom. The van der Waals surface area contributed by atoms with Crippen LogP contribution in [0.25, 0.3) is 0 Å². The highest BCUT2D eigenvalue weighted by Gasteiger charge is 2.13. The van der Waals surface area contributed by atoms with Crippen LogP contribution in [-0.4, -0.2) is 26.9 Å². The summed E-state index contributed by atoms with van der Waals surface area (Å²) in [7, 11) is 0. The molecule has 0 saturated carbocycles. The molecule has 0 bridgehead atoms. The average Bonchev–Trinajstić information content (AvgIpc) is 2.54. The fraction of sp³-hybridized carbons (Fsp3) is 0.125. The zero-order chi connectivity index (χ0) is 17.0. The van der Waals surface area contributed by atoms with E-state index in [0.29, 0.717) is 17.2 Å². The van der Waals surface area contributed by atoms with Crippen LogP contribution in [0.4, 0.5) is 0 Å². The van der Waals surface area contributed by atoms with Gasteiger partial charge < -0.3 is 15.3 Å². The van der Waals surface area contributed by atoms with Gasteiger partial charge in [0.25, 0.3) is 5.91 Å². The Morgan fingerprint density at radius 2 is 1.65 bits per heavy atom. The molecule has 2 aromatic carbocycles. The minimum Gasteiger partial charge on any atom is -0.504 e. The van der Waals surface area contributed by atoms with Crippen molar-refractivity contribution in [1.29, 1.82) is 0 Å². The summed E-state index contributed by atoms with van der Waals surface area (Å²) in [5.74, 6) is -2.49. The Hall–Kier alpha value is -2.73. The number of rotatable bonds is 4. The number of hydrogen-bond donors (Lipinski definition) is 4. The van der Waals surface area contributed by atoms with Crippen LogP contribution < -0.4 is 5.43 Å². The molecule has 2 rings (SSSR count). The molecule has 7 heteroatoms. The molecule has 1 amide bonds. The molecule has 0 aliphatic heterocycles. The minimum atomic E-state index is -0.680. The number of phenolic OH excluding ortho intramolecular Hbond substituents is 3. The molecule has 4 N–H and O–H groups in total. The topological polar surface area (TPSA) is 102 Å². The molecule has 0 aliphatic carbocycles. The van der Waals surface area contributed by atoms with Crippen LogP contribution in [0, 0.1) is 0 Å². The number of nitrogens with one attached hydrogen (secondary N) is 1. The molecule has 23 heavy (non-hydrogen) atoms. The molecule has 0 heterocycles. The lowest BCUT2D eigenvalue weighted by atomic mass is 10.1. The van der Waals surface area contributed by atoms with Crippen molar-refractivity contribution >= 4 is 23.2 Å². The largest absolute Gasteiger partial charge is 0.504 e. The lowest BCUT2D eigenvalue weighted by molar-refractivity contribution is 0.0954. The molecule has 0 radical (unpaired) electrons. The SMILES string of the molecule is CC/C(=N/NC(=O)c1cc(O)c(O)c(O)c1)c1ccc(Cl)cc1. The van der Waals surface area contributed by atoms with Crippen LogP contribution in [0.5, 0.6) is 17.2 Å². The molecule has 0 fully saturated rings. The zero-order valence-electron chi connectivity index (χ0n) is 12.2. The predicted octanol–water partition coefficient (Wildman–Crippen LogP) is 3.00. The standard InChI is InChI=1S/C16H15ClN2O4/c1-2-12(9-3-5-11(17)6-4-9)18-19-16(23)10-7-13(20)15(22)14(21)8-10/h3-8,20-22H,2H2,1H3,(H,19,23)/b18-12-. The summed E-state index contributed by atoms with van der Waals surface area (Å²) in [5.41, 5.74) is 3.77. The van der Waals surface area contributed by atoms with Crippen molar-refractivity contribution in [3.8, 4) is 17.2 Å². The Balaban J connectivity index is 2.20. The van der Waals surface area contributed by atoms with Gasteiger partial charge in [0.1, 0.15) is 0 Å². The number of halogens is 1. The van der Waals surface area contributed by atoms with Gasteiger partial charge in [-0.1, -0.05) is 30.7 Å². The number of hydrazone groups is 1. The monoisotopic (exact) mass is 334 g/mol. The van der Waals surface area contributed by atoms with E-state index in [9.17, 15) is 20.1 Å². The maximum atomic E-state index is 12.0. The van der Waals surface area contributed by atoms with E-state index in [2.05, 4.69) is 10.5 Å². The van der Waals surface area contributed by atoms with Gasteiger partial charge in [-0.15, -0.1) is 0 Å². The Morgan fingerprint density at radius 3 is 2.17 bits per heavy atom. The highest BCUT2D eigenvalue weighted by Crippen LogP contribution is 2.35. The van der Waals surface area contributed by atoms with Crippen molar-refractivity contribution < 1.29 is 20.1 Å². The molecule has 0 spiro atoms. The van der Waals surface area contributed by atoms with E-state index < -0.39 is 23.2 Å². The number of carbonyl (C=O) groups is 1. The molecular formula is C16H15ClN2O4. The highest BCUT2D eigenvalue weighted by atomic mass is 35.5. The van der Waals surface area contributed by atoms with Crippen LogP contribution in [0.15, 0.2) is 41.5 Å².